The molecule has 0 amide bonds. The molecule has 6 nitrogen and oxygen atoms in total. The molecule has 1 aliphatic carbocycles. The first-order valence-electron chi connectivity index (χ1n) is 9.70. The lowest BCUT2D eigenvalue weighted by Gasteiger charge is -2.49. The number of rotatable bonds is 5. The highest BCUT2D eigenvalue weighted by atomic mass is 32.2. The fourth-order valence-corrected chi connectivity index (χ4v) is 5.22. The molecule has 2 aromatic carbocycles. The molecule has 0 spiro atoms. The van der Waals surface area contributed by atoms with E-state index in [1.165, 1.54) is 11.1 Å². The van der Waals surface area contributed by atoms with E-state index in [2.05, 4.69) is 23.3 Å². The second-order valence-corrected chi connectivity index (χ2v) is 9.51. The molecule has 0 saturated carbocycles. The molecule has 2 bridgehead atoms. The first-order valence-corrected chi connectivity index (χ1v) is 11.2. The number of nitrogens with zero attached hydrogens (tertiary/aromatic N) is 1. The van der Waals surface area contributed by atoms with Crippen molar-refractivity contribution in [3.8, 4) is 5.75 Å². The van der Waals surface area contributed by atoms with Gasteiger partial charge in [-0.15, -0.1) is 0 Å². The van der Waals surface area contributed by atoms with E-state index in [-0.39, 0.29) is 4.90 Å². The second kappa shape index (κ2) is 7.48. The third-order valence-corrected chi connectivity index (χ3v) is 7.14. The Bertz CT molecular complexity index is 959. The number of fused-ring (bicyclic) bond motifs is 4. The molecule has 1 saturated heterocycles. The van der Waals surface area contributed by atoms with Gasteiger partial charge in [-0.1, -0.05) is 18.2 Å². The first kappa shape index (κ1) is 19.4. The number of phenolic OH excluding ortho intramolecular Hbond substituents is 1. The van der Waals surface area contributed by atoms with Crippen LogP contribution in [0.5, 0.6) is 5.75 Å². The van der Waals surface area contributed by atoms with E-state index in [1.807, 2.05) is 18.2 Å². The Balaban J connectivity index is 1.45. The number of piperidine rings is 1. The number of aromatic hydroxyl groups is 1. The summed E-state index contributed by atoms with van der Waals surface area (Å²) in [4.78, 5) is 2.58. The summed E-state index contributed by atoms with van der Waals surface area (Å²) in [5, 5.41) is 18.8. The number of hydrogen-bond acceptors (Lipinski definition) is 5. The van der Waals surface area contributed by atoms with Crippen molar-refractivity contribution in [3.05, 3.63) is 59.2 Å². The normalized spacial score (nSPS) is 24.7. The zero-order valence-electron chi connectivity index (χ0n) is 16.0. The molecular weight excluding hydrogens is 374 g/mol. The van der Waals surface area contributed by atoms with Crippen LogP contribution in [0.4, 0.5) is 0 Å². The van der Waals surface area contributed by atoms with E-state index < -0.39 is 10.0 Å². The predicted octanol–water partition coefficient (Wildman–Crippen LogP) is 1.58. The van der Waals surface area contributed by atoms with Crippen molar-refractivity contribution < 1.29 is 13.5 Å². The lowest BCUT2D eigenvalue weighted by Crippen LogP contribution is -2.59. The van der Waals surface area contributed by atoms with E-state index in [1.54, 1.807) is 18.2 Å². The van der Waals surface area contributed by atoms with E-state index >= 15 is 0 Å². The van der Waals surface area contributed by atoms with Crippen molar-refractivity contribution in [2.75, 3.05) is 20.1 Å². The Kier molecular flexibility index (Phi) is 5.18. The average molecular weight is 402 g/mol. The van der Waals surface area contributed by atoms with Crippen molar-refractivity contribution in [1.29, 1.82) is 0 Å². The Labute approximate surface area is 166 Å². The number of nitrogens with one attached hydrogen (secondary N) is 1. The van der Waals surface area contributed by atoms with Gasteiger partial charge in [-0.25, -0.2) is 13.6 Å². The topological polar surface area (TPSA) is 95.7 Å². The zero-order chi connectivity index (χ0) is 19.9. The van der Waals surface area contributed by atoms with Crippen LogP contribution in [0.2, 0.25) is 0 Å². The van der Waals surface area contributed by atoms with Gasteiger partial charge in [0.2, 0.25) is 10.0 Å². The van der Waals surface area contributed by atoms with Gasteiger partial charge in [0, 0.05) is 18.0 Å². The average Bonchev–Trinajstić information content (AvgIpc) is 2.65. The minimum atomic E-state index is -3.65. The van der Waals surface area contributed by atoms with Crippen LogP contribution < -0.4 is 10.5 Å². The van der Waals surface area contributed by atoms with Crippen LogP contribution in [0.3, 0.4) is 0 Å². The number of phenols is 1. The van der Waals surface area contributed by atoms with E-state index in [9.17, 15) is 13.5 Å². The van der Waals surface area contributed by atoms with Crippen LogP contribution >= 0.6 is 0 Å². The molecule has 0 radical (unpaired) electrons. The van der Waals surface area contributed by atoms with Gasteiger partial charge in [-0.05, 0) is 80.4 Å². The molecule has 28 heavy (non-hydrogen) atoms. The molecule has 2 aliphatic rings. The molecule has 2 aromatic rings. The molecule has 1 fully saturated rings. The van der Waals surface area contributed by atoms with Crippen LogP contribution in [0.1, 0.15) is 29.0 Å². The number of hydrogen-bond donors (Lipinski definition) is 3. The third-order valence-electron chi connectivity index (χ3n) is 6.21. The standard InChI is InChI=1S/C21H27N3O3S/c1-24-11-9-18-19-13-16(25)5-4-15(19)12-20(24)21(18)23-10-8-14-2-6-17(7-3-14)28(22,26)27/h2-7,13,18,20-21,23,25H,8-12H2,1H3,(H2,22,26,27). The van der Waals surface area contributed by atoms with E-state index in [0.29, 0.717) is 23.8 Å². The summed E-state index contributed by atoms with van der Waals surface area (Å²) in [6, 6.07) is 13.3. The number of sulfonamides is 1. The number of benzene rings is 2. The number of likely N-dealkylation sites (tertiary alicyclic amines) is 1. The molecular formula is C21H27N3O3S. The van der Waals surface area contributed by atoms with E-state index in [4.69, 9.17) is 5.14 Å². The van der Waals surface area contributed by atoms with Crippen molar-refractivity contribution in [3.63, 3.8) is 0 Å². The predicted molar refractivity (Wildman–Crippen MR) is 109 cm³/mol. The van der Waals surface area contributed by atoms with Gasteiger partial charge in [-0.2, -0.15) is 0 Å². The fourth-order valence-electron chi connectivity index (χ4n) is 4.71. The third kappa shape index (κ3) is 3.80. The number of primary sulfonamides is 1. The summed E-state index contributed by atoms with van der Waals surface area (Å²) in [6.07, 6.45) is 2.88. The molecule has 7 heteroatoms. The first-order chi connectivity index (χ1) is 13.3. The Morgan fingerprint density at radius 1 is 1.21 bits per heavy atom. The van der Waals surface area contributed by atoms with Gasteiger partial charge in [0.15, 0.2) is 0 Å². The van der Waals surface area contributed by atoms with E-state index in [0.717, 1.165) is 37.9 Å². The van der Waals surface area contributed by atoms with Crippen LogP contribution in [0.25, 0.3) is 0 Å². The second-order valence-electron chi connectivity index (χ2n) is 7.95. The fraction of sp³-hybridized carbons (Fsp3) is 0.429. The Hall–Kier alpha value is -1.93. The van der Waals surface area contributed by atoms with Gasteiger partial charge in [0.25, 0.3) is 0 Å². The van der Waals surface area contributed by atoms with Gasteiger partial charge in [-0.3, -0.25) is 0 Å². The summed E-state index contributed by atoms with van der Waals surface area (Å²) in [5.41, 5.74) is 3.70. The van der Waals surface area contributed by atoms with Crippen LogP contribution in [0, 0.1) is 0 Å². The highest BCUT2D eigenvalue weighted by molar-refractivity contribution is 7.89. The SMILES string of the molecule is CN1CCC2c3cc(O)ccc3CC1C2NCCc1ccc(S(N)(=O)=O)cc1. The minimum Gasteiger partial charge on any atom is -0.508 e. The van der Waals surface area contributed by atoms with Gasteiger partial charge in [0.1, 0.15) is 5.75 Å². The lowest BCUT2D eigenvalue weighted by atomic mass is 9.71. The molecule has 0 aromatic heterocycles. The molecule has 3 unspecified atom stereocenters. The lowest BCUT2D eigenvalue weighted by molar-refractivity contribution is 0.112. The molecule has 3 atom stereocenters. The molecule has 1 aliphatic heterocycles. The van der Waals surface area contributed by atoms with Crippen LogP contribution in [-0.2, 0) is 22.9 Å². The van der Waals surface area contributed by atoms with Crippen molar-refractivity contribution >= 4 is 10.0 Å². The number of nitrogens with two attached hydrogens (primary N) is 1. The molecule has 1 heterocycles. The smallest absolute Gasteiger partial charge is 0.238 e. The van der Waals surface area contributed by atoms with Crippen molar-refractivity contribution in [1.82, 2.24) is 10.2 Å². The molecule has 4 N–H and O–H groups in total. The van der Waals surface area contributed by atoms with Crippen molar-refractivity contribution in [2.45, 2.75) is 42.2 Å². The highest BCUT2D eigenvalue weighted by Gasteiger charge is 2.41. The summed E-state index contributed by atoms with van der Waals surface area (Å²) in [5.74, 6) is 0.742. The summed E-state index contributed by atoms with van der Waals surface area (Å²) in [7, 11) is -1.46. The van der Waals surface area contributed by atoms with Crippen LogP contribution in [0.15, 0.2) is 47.4 Å². The maximum atomic E-state index is 11.4. The summed E-state index contributed by atoms with van der Waals surface area (Å²) >= 11 is 0. The van der Waals surface area contributed by atoms with Gasteiger partial charge < -0.3 is 15.3 Å². The zero-order valence-corrected chi connectivity index (χ0v) is 16.8. The quantitative estimate of drug-likeness (QED) is 0.707. The minimum absolute atomic E-state index is 0.143. The number of likely N-dealkylation sites (N-methyl/N-ethyl adjacent to an activating group) is 1. The summed E-state index contributed by atoms with van der Waals surface area (Å²) in [6.45, 7) is 1.88. The maximum absolute atomic E-state index is 11.4. The largest absolute Gasteiger partial charge is 0.508 e. The van der Waals surface area contributed by atoms with Crippen LogP contribution in [-0.4, -0.2) is 50.6 Å². The Morgan fingerprint density at radius 3 is 2.68 bits per heavy atom. The highest BCUT2D eigenvalue weighted by Crippen LogP contribution is 2.40. The Morgan fingerprint density at radius 2 is 1.96 bits per heavy atom. The monoisotopic (exact) mass is 401 g/mol. The molecule has 4 rings (SSSR count). The molecule has 150 valence electrons. The van der Waals surface area contributed by atoms with Gasteiger partial charge in [0.05, 0.1) is 4.90 Å². The van der Waals surface area contributed by atoms with Crippen molar-refractivity contribution in [2.24, 2.45) is 5.14 Å². The maximum Gasteiger partial charge on any atom is 0.238 e. The van der Waals surface area contributed by atoms with Gasteiger partial charge >= 0.3 is 0 Å². The summed E-state index contributed by atoms with van der Waals surface area (Å²) < 4.78 is 22.7.